The van der Waals surface area contributed by atoms with Gasteiger partial charge in [0.1, 0.15) is 30.1 Å². The summed E-state index contributed by atoms with van der Waals surface area (Å²) in [6.07, 6.45) is 9.15. The Morgan fingerprint density at radius 3 is 2.29 bits per heavy atom. The minimum atomic E-state index is -4.00. The summed E-state index contributed by atoms with van der Waals surface area (Å²) >= 11 is 0. The van der Waals surface area contributed by atoms with E-state index >= 15 is 0 Å². The Bertz CT molecular complexity index is 2040. The number of allylic oxidation sites excluding steroid dienone is 6. The highest BCUT2D eigenvalue weighted by molar-refractivity contribution is 7.89. The van der Waals surface area contributed by atoms with Gasteiger partial charge in [-0.25, -0.2) is 17.9 Å². The van der Waals surface area contributed by atoms with Crippen LogP contribution in [0.15, 0.2) is 47.6 Å². The number of hydrogen-bond acceptors (Lipinski definition) is 15. The van der Waals surface area contributed by atoms with Crippen LogP contribution in [0.4, 0.5) is 0 Å². The lowest BCUT2D eigenvalue weighted by atomic mass is 9.78. The van der Waals surface area contributed by atoms with Gasteiger partial charge < -0.3 is 44.3 Å². The van der Waals surface area contributed by atoms with Crippen molar-refractivity contribution in [2.24, 2.45) is 35.5 Å². The maximum atomic E-state index is 14.4. The molecule has 1 amide bonds. The monoisotopic (exact) mass is 1010 g/mol. The molecule has 5 N–H and O–H groups in total. The summed E-state index contributed by atoms with van der Waals surface area (Å²) in [7, 11) is -1.11. The van der Waals surface area contributed by atoms with Gasteiger partial charge in [-0.05, 0) is 108 Å². The smallest absolute Gasteiger partial charge is 0.329 e. The number of sulfonamides is 1. The first kappa shape index (κ1) is 59.1. The molecule has 4 aliphatic rings. The number of aliphatic hydroxyl groups is 4. The van der Waals surface area contributed by atoms with Crippen molar-refractivity contribution in [1.29, 1.82) is 0 Å². The number of carbonyl (C=O) groups is 5. The van der Waals surface area contributed by atoms with E-state index in [0.29, 0.717) is 62.5 Å². The average Bonchev–Trinajstić information content (AvgIpc) is 3.31. The lowest BCUT2D eigenvalue weighted by Gasteiger charge is -2.43. The predicted molar refractivity (Wildman–Crippen MR) is 262 cm³/mol. The number of nitrogens with zero attached hydrogens (tertiary/aromatic N) is 1. The van der Waals surface area contributed by atoms with Crippen LogP contribution >= 0.6 is 0 Å². The molecule has 1 aliphatic carbocycles. The van der Waals surface area contributed by atoms with Gasteiger partial charge in [0.15, 0.2) is 5.78 Å². The van der Waals surface area contributed by atoms with Crippen LogP contribution in [0, 0.1) is 35.5 Å². The number of Topliss-reactive ketones (excluding diaryl/α,β-unsaturated/α-hetero) is 3. The normalized spacial score (nSPS) is 38.6. The van der Waals surface area contributed by atoms with E-state index in [0.717, 1.165) is 4.90 Å². The molecule has 2 saturated heterocycles. The maximum Gasteiger partial charge on any atom is 0.329 e. The Morgan fingerprint density at radius 2 is 1.61 bits per heavy atom. The van der Waals surface area contributed by atoms with Gasteiger partial charge in [0.05, 0.1) is 30.7 Å². The molecular formula is C52H82N2O15S. The van der Waals surface area contributed by atoms with E-state index < -0.39 is 106 Å². The molecule has 70 heavy (non-hydrogen) atoms. The molecule has 0 spiro atoms. The third-order valence-corrected chi connectivity index (χ3v) is 16.3. The minimum absolute atomic E-state index is 0.00763. The number of aliphatic hydroxyl groups excluding tert-OH is 3. The number of hydrogen-bond donors (Lipinski definition) is 5. The number of nitrogens with one attached hydrogen (secondary N) is 1. The first-order valence-electron chi connectivity index (χ1n) is 25.2. The van der Waals surface area contributed by atoms with Crippen LogP contribution in [0.3, 0.4) is 0 Å². The number of methoxy groups -OCH3 is 2. The van der Waals surface area contributed by atoms with Crippen molar-refractivity contribution < 1.29 is 71.8 Å². The summed E-state index contributed by atoms with van der Waals surface area (Å²) < 4.78 is 52.1. The van der Waals surface area contributed by atoms with E-state index in [1.165, 1.54) is 7.11 Å². The number of amides is 1. The van der Waals surface area contributed by atoms with Gasteiger partial charge >= 0.3 is 5.97 Å². The first-order valence-corrected chi connectivity index (χ1v) is 26.9. The van der Waals surface area contributed by atoms with Crippen LogP contribution in [-0.2, 0) is 52.9 Å². The number of ether oxygens (including phenoxy) is 4. The molecular weight excluding hydrogens is 925 g/mol. The molecule has 0 unspecified atom stereocenters. The standard InChI is InChI=1S/C52H82N2O15S/c1-31-15-11-10-12-16-32(2)40(53-70(64,65)24-23-55)29-39-20-18-37(7)52(63,69-39)49(60)50(61)54-22-14-13-17-41(54)51(62)68-44(34(4)27-38-19-21-42(56)45(28-38)66-8)30-43(57)33(3)26-36(6)47(59)48(67-9)46(58)35(5)25-31/h10-12,15-16,26,31,33-35,37-42,44-45,47-48,53,55-56,59,63H,13-14,17-25,27-30H2,1-9H3/b12-10+,15-11+,32-16+,36-26+/t31-,33-,34-,35-,37-,38+,39+,40+,41+,42-,44+,45-,47-,48+,52-/m1/s1. The second-order valence-electron chi connectivity index (χ2n) is 20.6. The second kappa shape index (κ2) is 27.0. The molecule has 3 fully saturated rings. The number of fused-ring (bicyclic) bond motifs is 3. The highest BCUT2D eigenvalue weighted by Crippen LogP contribution is 2.37. The van der Waals surface area contributed by atoms with Crippen molar-refractivity contribution >= 4 is 39.2 Å². The van der Waals surface area contributed by atoms with Crippen LogP contribution < -0.4 is 4.72 Å². The van der Waals surface area contributed by atoms with Crippen molar-refractivity contribution in [2.45, 2.75) is 180 Å². The number of cyclic esters (lactones) is 1. The van der Waals surface area contributed by atoms with E-state index in [1.54, 1.807) is 72.1 Å². The summed E-state index contributed by atoms with van der Waals surface area (Å²) in [6.45, 7) is 11.5. The van der Waals surface area contributed by atoms with Crippen molar-refractivity contribution in [1.82, 2.24) is 9.62 Å². The quantitative estimate of drug-likeness (QED) is 0.122. The molecule has 0 aromatic rings. The summed E-state index contributed by atoms with van der Waals surface area (Å²) in [6, 6.07) is -2.13. The summed E-state index contributed by atoms with van der Waals surface area (Å²) in [5.74, 6) is -9.55. The number of piperidine rings is 1. The Balaban J connectivity index is 1.75. The molecule has 0 aromatic heterocycles. The van der Waals surface area contributed by atoms with Crippen LogP contribution in [0.25, 0.3) is 0 Å². The number of rotatable bonds is 9. The van der Waals surface area contributed by atoms with Crippen LogP contribution in [-0.4, -0.2) is 151 Å². The SMILES string of the molecule is CO[C@@H]1C[C@H](C[C@@H](C)[C@@H]2CC(=O)[C@H](C)/C=C(\C)[C@@H](O)[C@@H](OC)C(=O)[C@H](C)C[C@H](C)/C=C/C=C/C=C(\C)[C@@H](NS(=O)(=O)CCO)C[C@@H]3CC[C@@H](C)[C@@](O)(O3)C(=O)C(=O)N3CCCC[C@H]3C(=O)O2)CC[C@H]1O. The molecule has 3 aliphatic heterocycles. The van der Waals surface area contributed by atoms with E-state index in [9.17, 15) is 52.8 Å². The largest absolute Gasteiger partial charge is 0.460 e. The van der Waals surface area contributed by atoms with Gasteiger partial charge in [-0.15, -0.1) is 0 Å². The molecule has 1 saturated carbocycles. The minimum Gasteiger partial charge on any atom is -0.460 e. The van der Waals surface area contributed by atoms with E-state index in [1.807, 2.05) is 19.9 Å². The Kier molecular flexibility index (Phi) is 22.8. The van der Waals surface area contributed by atoms with Crippen molar-refractivity contribution in [3.8, 4) is 0 Å². The van der Waals surface area contributed by atoms with Crippen LogP contribution in [0.2, 0.25) is 0 Å². The Morgan fingerprint density at radius 1 is 0.900 bits per heavy atom. The van der Waals surface area contributed by atoms with Crippen molar-refractivity contribution in [3.05, 3.63) is 47.6 Å². The van der Waals surface area contributed by atoms with E-state index in [-0.39, 0.29) is 67.7 Å². The fraction of sp³-hybridized carbons (Fsp3) is 0.750. The molecule has 2 bridgehead atoms. The topological polar surface area (TPSA) is 253 Å². The van der Waals surface area contributed by atoms with Gasteiger partial charge in [-0.1, -0.05) is 76.6 Å². The first-order chi connectivity index (χ1) is 33.0. The summed E-state index contributed by atoms with van der Waals surface area (Å²) in [5.41, 5.74) is 0.902. The van der Waals surface area contributed by atoms with Crippen molar-refractivity contribution in [2.75, 3.05) is 33.1 Å². The Hall–Kier alpha value is -3.46. The van der Waals surface area contributed by atoms with Crippen LogP contribution in [0.5, 0.6) is 0 Å². The predicted octanol–water partition coefficient (Wildman–Crippen LogP) is 4.45. The third-order valence-electron chi connectivity index (χ3n) is 14.9. The summed E-state index contributed by atoms with van der Waals surface area (Å²) in [4.78, 5) is 72.1. The summed E-state index contributed by atoms with van der Waals surface area (Å²) in [5, 5.41) is 43.5. The van der Waals surface area contributed by atoms with E-state index in [2.05, 4.69) is 4.72 Å². The molecule has 396 valence electrons. The lowest BCUT2D eigenvalue weighted by molar-refractivity contribution is -0.264. The maximum absolute atomic E-state index is 14.4. The zero-order chi connectivity index (χ0) is 52.1. The molecule has 3 heterocycles. The third kappa shape index (κ3) is 16.0. The molecule has 0 aromatic carbocycles. The number of ketones is 3. The number of esters is 1. The van der Waals surface area contributed by atoms with Gasteiger partial charge in [0.2, 0.25) is 15.8 Å². The zero-order valence-corrected chi connectivity index (χ0v) is 43.6. The Labute approximate surface area is 415 Å². The lowest BCUT2D eigenvalue weighted by Crippen LogP contribution is -2.61. The highest BCUT2D eigenvalue weighted by Gasteiger charge is 2.53. The highest BCUT2D eigenvalue weighted by atomic mass is 32.2. The fourth-order valence-electron chi connectivity index (χ4n) is 10.4. The molecule has 0 radical (unpaired) electrons. The average molecular weight is 1010 g/mol. The number of carbonyl (C=O) groups excluding carboxylic acids is 5. The van der Waals surface area contributed by atoms with Gasteiger partial charge in [-0.2, -0.15) is 0 Å². The van der Waals surface area contributed by atoms with Gasteiger partial charge in [-0.3, -0.25) is 19.2 Å². The van der Waals surface area contributed by atoms with Gasteiger partial charge in [0.25, 0.3) is 11.7 Å². The van der Waals surface area contributed by atoms with E-state index in [4.69, 9.17) is 18.9 Å². The second-order valence-corrected chi connectivity index (χ2v) is 22.5. The fourth-order valence-corrected chi connectivity index (χ4v) is 11.5. The molecule has 17 nitrogen and oxygen atoms in total. The zero-order valence-electron chi connectivity index (χ0n) is 42.8. The molecule has 18 heteroatoms. The van der Waals surface area contributed by atoms with Crippen LogP contribution in [0.1, 0.15) is 126 Å². The molecule has 4 rings (SSSR count). The molecule has 15 atom stereocenters. The van der Waals surface area contributed by atoms with Crippen molar-refractivity contribution in [3.63, 3.8) is 0 Å². The van der Waals surface area contributed by atoms with Gasteiger partial charge in [0, 0.05) is 51.0 Å².